The van der Waals surface area contributed by atoms with Crippen molar-refractivity contribution in [1.29, 1.82) is 0 Å². The van der Waals surface area contributed by atoms with Crippen molar-refractivity contribution < 1.29 is 19.1 Å². The lowest BCUT2D eigenvalue weighted by Gasteiger charge is -2.34. The summed E-state index contributed by atoms with van der Waals surface area (Å²) in [5.41, 5.74) is 1.16. The lowest BCUT2D eigenvalue weighted by molar-refractivity contribution is -0.135. The van der Waals surface area contributed by atoms with Crippen LogP contribution < -0.4 is 15.4 Å². The molecule has 0 aliphatic carbocycles. The molecule has 3 N–H and O–H groups in total. The molecule has 0 bridgehead atoms. The van der Waals surface area contributed by atoms with Crippen molar-refractivity contribution in [3.63, 3.8) is 0 Å². The Hall–Kier alpha value is -3.03. The first-order chi connectivity index (χ1) is 14.3. The Bertz CT molecular complexity index is 936. The van der Waals surface area contributed by atoms with E-state index >= 15 is 0 Å². The molecule has 8 heteroatoms. The second-order valence-corrected chi connectivity index (χ2v) is 8.04. The maximum Gasteiger partial charge on any atom is 0.268 e. The third-order valence-electron chi connectivity index (χ3n) is 5.60. The molecule has 1 aromatic carbocycles. The fourth-order valence-electron chi connectivity index (χ4n) is 4.21. The molecule has 3 rings (SSSR count). The first-order valence-electron chi connectivity index (χ1n) is 10.3. The van der Waals surface area contributed by atoms with Crippen LogP contribution in [0.1, 0.15) is 44.1 Å². The maximum atomic E-state index is 12.9. The molecule has 1 aromatic heterocycles. The Morgan fingerprint density at radius 2 is 2.07 bits per heavy atom. The van der Waals surface area contributed by atoms with Crippen LogP contribution in [-0.2, 0) is 9.59 Å². The number of aromatic nitrogens is 1. The van der Waals surface area contributed by atoms with E-state index in [0.29, 0.717) is 24.4 Å². The van der Waals surface area contributed by atoms with E-state index in [0.717, 1.165) is 17.3 Å². The van der Waals surface area contributed by atoms with E-state index in [-0.39, 0.29) is 42.3 Å². The van der Waals surface area contributed by atoms with Gasteiger partial charge in [0.15, 0.2) is 0 Å². The molecule has 30 heavy (non-hydrogen) atoms. The minimum absolute atomic E-state index is 0.0359. The van der Waals surface area contributed by atoms with Gasteiger partial charge < -0.3 is 25.3 Å². The molecule has 1 fully saturated rings. The van der Waals surface area contributed by atoms with Crippen LogP contribution in [0.2, 0.25) is 0 Å². The predicted molar refractivity (Wildman–Crippen MR) is 114 cm³/mol. The highest BCUT2D eigenvalue weighted by Crippen LogP contribution is 2.26. The van der Waals surface area contributed by atoms with Crippen molar-refractivity contribution in [2.75, 3.05) is 20.2 Å². The number of carbonyl (C=O) groups excluding carboxylic acids is 3. The number of fused-ring (bicyclic) bond motifs is 1. The predicted octanol–water partition coefficient (Wildman–Crippen LogP) is 2.06. The molecule has 2 heterocycles. The molecule has 1 aliphatic rings. The van der Waals surface area contributed by atoms with Gasteiger partial charge >= 0.3 is 0 Å². The summed E-state index contributed by atoms with van der Waals surface area (Å²) in [6.45, 7) is 6.42. The van der Waals surface area contributed by atoms with Crippen LogP contribution in [0, 0.1) is 5.92 Å². The molecule has 0 saturated carbocycles. The van der Waals surface area contributed by atoms with Gasteiger partial charge in [0.1, 0.15) is 11.4 Å². The number of carbonyl (C=O) groups is 3. The minimum Gasteiger partial charge on any atom is -0.496 e. The average Bonchev–Trinajstić information content (AvgIpc) is 3.32. The summed E-state index contributed by atoms with van der Waals surface area (Å²) in [5.74, 6) is 0.145. The smallest absolute Gasteiger partial charge is 0.268 e. The van der Waals surface area contributed by atoms with Gasteiger partial charge in [-0.3, -0.25) is 14.4 Å². The molecular weight excluding hydrogens is 384 g/mol. The van der Waals surface area contributed by atoms with Gasteiger partial charge in [0.25, 0.3) is 5.91 Å². The molecule has 162 valence electrons. The number of aromatic amines is 1. The third kappa shape index (κ3) is 4.58. The second-order valence-electron chi connectivity index (χ2n) is 8.04. The Morgan fingerprint density at radius 3 is 2.70 bits per heavy atom. The third-order valence-corrected chi connectivity index (χ3v) is 5.60. The molecule has 1 saturated heterocycles. The number of hydrogen-bond acceptors (Lipinski definition) is 4. The van der Waals surface area contributed by atoms with E-state index < -0.39 is 0 Å². The SMILES string of the molecule is COc1cccc2[nH]c(C(=O)NCC(=O)N(C(C)C)C(C)CC3CCNC3=O)cc12. The summed E-state index contributed by atoms with van der Waals surface area (Å²) >= 11 is 0. The van der Waals surface area contributed by atoms with E-state index in [2.05, 4.69) is 15.6 Å². The fourth-order valence-corrected chi connectivity index (χ4v) is 4.21. The monoisotopic (exact) mass is 414 g/mol. The number of ether oxygens (including phenoxy) is 1. The summed E-state index contributed by atoms with van der Waals surface area (Å²) in [6, 6.07) is 7.12. The number of methoxy groups -OCH3 is 1. The zero-order valence-electron chi connectivity index (χ0n) is 18.0. The topological polar surface area (TPSA) is 104 Å². The number of amides is 3. The van der Waals surface area contributed by atoms with E-state index in [1.54, 1.807) is 18.1 Å². The molecule has 0 radical (unpaired) electrons. The van der Waals surface area contributed by atoms with Crippen LogP contribution >= 0.6 is 0 Å². The fraction of sp³-hybridized carbons (Fsp3) is 0.500. The molecular formula is C22H30N4O4. The van der Waals surface area contributed by atoms with Crippen LogP contribution in [0.15, 0.2) is 24.3 Å². The molecule has 0 spiro atoms. The van der Waals surface area contributed by atoms with Gasteiger partial charge in [-0.25, -0.2) is 0 Å². The zero-order valence-corrected chi connectivity index (χ0v) is 18.0. The lowest BCUT2D eigenvalue weighted by Crippen LogP contribution is -2.48. The normalized spacial score (nSPS) is 17.1. The highest BCUT2D eigenvalue weighted by molar-refractivity contribution is 6.00. The van der Waals surface area contributed by atoms with Gasteiger partial charge in [0, 0.05) is 35.4 Å². The van der Waals surface area contributed by atoms with Gasteiger partial charge in [-0.2, -0.15) is 0 Å². The standard InChI is InChI=1S/C22H30N4O4/c1-13(2)26(14(3)10-15-8-9-23-21(15)28)20(27)12-24-22(29)18-11-16-17(25-18)6-5-7-19(16)30-4/h5-7,11,13-15,25H,8-10,12H2,1-4H3,(H,23,28)(H,24,29). The molecule has 2 atom stereocenters. The summed E-state index contributed by atoms with van der Waals surface area (Å²) in [7, 11) is 1.58. The number of hydrogen-bond donors (Lipinski definition) is 3. The Morgan fingerprint density at radius 1 is 1.30 bits per heavy atom. The van der Waals surface area contributed by atoms with Gasteiger partial charge in [0.05, 0.1) is 13.7 Å². The van der Waals surface area contributed by atoms with Crippen LogP contribution in [0.5, 0.6) is 5.75 Å². The molecule has 8 nitrogen and oxygen atoms in total. The van der Waals surface area contributed by atoms with Crippen LogP contribution in [0.4, 0.5) is 0 Å². The van der Waals surface area contributed by atoms with Crippen molar-refractivity contribution in [2.24, 2.45) is 5.92 Å². The molecule has 1 aliphatic heterocycles. The van der Waals surface area contributed by atoms with Crippen molar-refractivity contribution in [1.82, 2.24) is 20.5 Å². The Balaban J connectivity index is 1.63. The highest BCUT2D eigenvalue weighted by Gasteiger charge is 2.30. The summed E-state index contributed by atoms with van der Waals surface area (Å²) in [6.07, 6.45) is 1.41. The van der Waals surface area contributed by atoms with Gasteiger partial charge in [-0.15, -0.1) is 0 Å². The average molecular weight is 415 g/mol. The Labute approximate surface area is 176 Å². The van der Waals surface area contributed by atoms with Gasteiger partial charge in [-0.05, 0) is 51.8 Å². The van der Waals surface area contributed by atoms with E-state index in [9.17, 15) is 14.4 Å². The highest BCUT2D eigenvalue weighted by atomic mass is 16.5. The number of nitrogens with one attached hydrogen (secondary N) is 3. The Kier molecular flexibility index (Phi) is 6.64. The summed E-state index contributed by atoms with van der Waals surface area (Å²) in [5, 5.41) is 6.36. The van der Waals surface area contributed by atoms with E-state index in [1.807, 2.05) is 39.0 Å². The van der Waals surface area contributed by atoms with Crippen LogP contribution in [0.25, 0.3) is 10.9 Å². The van der Waals surface area contributed by atoms with Crippen LogP contribution in [0.3, 0.4) is 0 Å². The van der Waals surface area contributed by atoms with Crippen molar-refractivity contribution in [3.8, 4) is 5.75 Å². The van der Waals surface area contributed by atoms with Crippen molar-refractivity contribution >= 4 is 28.6 Å². The number of benzene rings is 1. The summed E-state index contributed by atoms with van der Waals surface area (Å²) in [4.78, 5) is 42.2. The van der Waals surface area contributed by atoms with Gasteiger partial charge in [0.2, 0.25) is 11.8 Å². The number of H-pyrrole nitrogens is 1. The number of rotatable bonds is 8. The largest absolute Gasteiger partial charge is 0.496 e. The zero-order chi connectivity index (χ0) is 21.8. The van der Waals surface area contributed by atoms with Crippen molar-refractivity contribution in [2.45, 2.75) is 45.7 Å². The van der Waals surface area contributed by atoms with E-state index in [4.69, 9.17) is 4.74 Å². The lowest BCUT2D eigenvalue weighted by atomic mass is 9.97. The first kappa shape index (κ1) is 21.7. The van der Waals surface area contributed by atoms with Crippen molar-refractivity contribution in [3.05, 3.63) is 30.0 Å². The molecule has 3 amide bonds. The van der Waals surface area contributed by atoms with Gasteiger partial charge in [-0.1, -0.05) is 6.07 Å². The summed E-state index contributed by atoms with van der Waals surface area (Å²) < 4.78 is 5.32. The number of nitrogens with zero attached hydrogens (tertiary/aromatic N) is 1. The quantitative estimate of drug-likeness (QED) is 0.615. The maximum absolute atomic E-state index is 12.9. The minimum atomic E-state index is -0.354. The van der Waals surface area contributed by atoms with Crippen LogP contribution in [-0.4, -0.2) is 59.9 Å². The molecule has 2 unspecified atom stereocenters. The second kappa shape index (κ2) is 9.19. The van der Waals surface area contributed by atoms with E-state index in [1.165, 1.54) is 0 Å². The first-order valence-corrected chi connectivity index (χ1v) is 10.3. The molecule has 2 aromatic rings.